The smallest absolute Gasteiger partial charge is 0.276 e. The summed E-state index contributed by atoms with van der Waals surface area (Å²) < 4.78 is 1.92. The molecule has 0 radical (unpaired) electrons. The van der Waals surface area contributed by atoms with Crippen molar-refractivity contribution >= 4 is 24.0 Å². The van der Waals surface area contributed by atoms with E-state index >= 15 is 0 Å². The van der Waals surface area contributed by atoms with Crippen LogP contribution in [-0.4, -0.2) is 28.8 Å². The van der Waals surface area contributed by atoms with Crippen molar-refractivity contribution in [3.8, 4) is 11.1 Å². The van der Waals surface area contributed by atoms with Gasteiger partial charge >= 0.3 is 0 Å². The minimum absolute atomic E-state index is 0. The second-order valence-corrected chi connectivity index (χ2v) is 7.34. The highest BCUT2D eigenvalue weighted by Crippen LogP contribution is 2.37. The van der Waals surface area contributed by atoms with Crippen LogP contribution in [-0.2, 0) is 6.42 Å². The Hall–Kier alpha value is -2.63. The molecule has 1 aliphatic carbocycles. The molecule has 5 nitrogen and oxygen atoms in total. The van der Waals surface area contributed by atoms with Crippen LogP contribution in [0.1, 0.15) is 40.5 Å². The third kappa shape index (κ3) is 3.43. The fourth-order valence-corrected chi connectivity index (χ4v) is 4.14. The van der Waals surface area contributed by atoms with Crippen LogP contribution in [0.3, 0.4) is 0 Å². The average Bonchev–Trinajstić information content (AvgIpc) is 3.33. The first kappa shape index (κ1) is 18.7. The van der Waals surface area contributed by atoms with Crippen LogP contribution in [0.25, 0.3) is 11.1 Å². The van der Waals surface area contributed by atoms with Crippen molar-refractivity contribution in [3.05, 3.63) is 71.5 Å². The highest BCUT2D eigenvalue weighted by atomic mass is 35.5. The molecule has 144 valence electrons. The summed E-state index contributed by atoms with van der Waals surface area (Å²) in [5.74, 6) is -0.159. The first-order valence-electron chi connectivity index (χ1n) is 9.56. The molecule has 0 spiro atoms. The Kier molecular flexibility index (Phi) is 5.20. The van der Waals surface area contributed by atoms with Crippen molar-refractivity contribution in [2.24, 2.45) is 0 Å². The van der Waals surface area contributed by atoms with E-state index in [0.29, 0.717) is 11.7 Å². The summed E-state index contributed by atoms with van der Waals surface area (Å²) in [6, 6.07) is 16.8. The molecule has 2 aliphatic rings. The van der Waals surface area contributed by atoms with Gasteiger partial charge < -0.3 is 10.6 Å². The number of nitrogens with one attached hydrogen (secondary N) is 2. The summed E-state index contributed by atoms with van der Waals surface area (Å²) in [6.07, 6.45) is 5.06. The van der Waals surface area contributed by atoms with Crippen LogP contribution in [0.2, 0.25) is 0 Å². The van der Waals surface area contributed by atoms with Gasteiger partial charge in [-0.05, 0) is 66.3 Å². The van der Waals surface area contributed by atoms with Gasteiger partial charge in [0.2, 0.25) is 0 Å². The zero-order valence-corrected chi connectivity index (χ0v) is 16.3. The molecule has 0 saturated carbocycles. The molecular weight excluding hydrogens is 372 g/mol. The quantitative estimate of drug-likeness (QED) is 0.551. The predicted octanol–water partition coefficient (Wildman–Crippen LogP) is 4.05. The second-order valence-electron chi connectivity index (χ2n) is 7.34. The Morgan fingerprint density at radius 1 is 1.11 bits per heavy atom. The van der Waals surface area contributed by atoms with Crippen molar-refractivity contribution in [1.82, 2.24) is 15.1 Å². The van der Waals surface area contributed by atoms with Gasteiger partial charge in [0.1, 0.15) is 0 Å². The number of nitrogens with zero attached hydrogens (tertiary/aromatic N) is 2. The SMILES string of the molecule is Cl.O=C(Nc1ccc2c(c1)Cc1ccccc1-2)c1ccn(C2CCCNC2)n1. The fourth-order valence-electron chi connectivity index (χ4n) is 4.14. The fraction of sp³-hybridized carbons (Fsp3) is 0.273. The van der Waals surface area contributed by atoms with Crippen LogP contribution in [0, 0.1) is 0 Å². The van der Waals surface area contributed by atoms with Crippen molar-refractivity contribution in [1.29, 1.82) is 0 Å². The van der Waals surface area contributed by atoms with Crippen LogP contribution in [0.15, 0.2) is 54.7 Å². The van der Waals surface area contributed by atoms with E-state index in [1.165, 1.54) is 22.3 Å². The molecule has 1 fully saturated rings. The van der Waals surface area contributed by atoms with E-state index < -0.39 is 0 Å². The van der Waals surface area contributed by atoms with Gasteiger partial charge in [-0.2, -0.15) is 5.10 Å². The Bertz CT molecular complexity index is 1010. The first-order chi connectivity index (χ1) is 13.3. The Morgan fingerprint density at radius 3 is 2.82 bits per heavy atom. The molecule has 3 aromatic rings. The van der Waals surface area contributed by atoms with Gasteiger partial charge in [0.05, 0.1) is 6.04 Å². The number of piperidine rings is 1. The number of rotatable bonds is 3. The van der Waals surface area contributed by atoms with E-state index in [1.54, 1.807) is 6.07 Å². The lowest BCUT2D eigenvalue weighted by molar-refractivity contribution is 0.102. The maximum absolute atomic E-state index is 12.6. The third-order valence-electron chi connectivity index (χ3n) is 5.54. The molecule has 1 amide bonds. The molecule has 0 bridgehead atoms. The van der Waals surface area contributed by atoms with E-state index in [9.17, 15) is 4.79 Å². The summed E-state index contributed by atoms with van der Waals surface area (Å²) >= 11 is 0. The van der Waals surface area contributed by atoms with Gasteiger partial charge in [-0.15, -0.1) is 12.4 Å². The number of hydrogen-bond donors (Lipinski definition) is 2. The minimum Gasteiger partial charge on any atom is -0.321 e. The van der Waals surface area contributed by atoms with E-state index in [0.717, 1.165) is 38.0 Å². The topological polar surface area (TPSA) is 59.0 Å². The summed E-state index contributed by atoms with van der Waals surface area (Å²) in [7, 11) is 0. The molecule has 1 aromatic heterocycles. The van der Waals surface area contributed by atoms with Crippen LogP contribution < -0.4 is 10.6 Å². The number of amides is 1. The molecule has 28 heavy (non-hydrogen) atoms. The van der Waals surface area contributed by atoms with Gasteiger partial charge in [0.25, 0.3) is 5.91 Å². The molecule has 1 unspecified atom stereocenters. The van der Waals surface area contributed by atoms with Crippen LogP contribution in [0.5, 0.6) is 0 Å². The number of anilines is 1. The molecular formula is C22H23ClN4O. The van der Waals surface area contributed by atoms with E-state index in [-0.39, 0.29) is 18.3 Å². The van der Waals surface area contributed by atoms with Crippen LogP contribution >= 0.6 is 12.4 Å². The van der Waals surface area contributed by atoms with E-state index in [2.05, 4.69) is 52.1 Å². The summed E-state index contributed by atoms with van der Waals surface area (Å²) in [5, 5.41) is 10.9. The summed E-state index contributed by atoms with van der Waals surface area (Å²) in [6.45, 7) is 1.97. The molecule has 1 aliphatic heterocycles. The lowest BCUT2D eigenvalue weighted by Crippen LogP contribution is -2.32. The van der Waals surface area contributed by atoms with Gasteiger partial charge in [-0.3, -0.25) is 9.48 Å². The first-order valence-corrected chi connectivity index (χ1v) is 9.56. The van der Waals surface area contributed by atoms with Gasteiger partial charge in [0.15, 0.2) is 5.69 Å². The van der Waals surface area contributed by atoms with Crippen molar-refractivity contribution < 1.29 is 4.79 Å². The molecule has 2 aromatic carbocycles. The normalized spacial score (nSPS) is 17.4. The molecule has 1 saturated heterocycles. The average molecular weight is 395 g/mol. The standard InChI is InChI=1S/C22H22N4O.ClH/c27-22(21-9-11-26(25-21)18-5-3-10-23-14-18)24-17-7-8-20-16(13-17)12-15-4-1-2-6-19(15)20;/h1-2,4,6-9,11,13,18,23H,3,5,10,12,14H2,(H,24,27);1H. The number of fused-ring (bicyclic) bond motifs is 3. The molecule has 5 rings (SSSR count). The molecule has 2 N–H and O–H groups in total. The Morgan fingerprint density at radius 2 is 1.96 bits per heavy atom. The Labute approximate surface area is 170 Å². The van der Waals surface area contributed by atoms with E-state index in [1.807, 2.05) is 16.9 Å². The number of hydrogen-bond acceptors (Lipinski definition) is 3. The lowest BCUT2D eigenvalue weighted by atomic mass is 10.1. The number of halogens is 1. The van der Waals surface area contributed by atoms with Gasteiger partial charge in [-0.25, -0.2) is 0 Å². The number of benzene rings is 2. The van der Waals surface area contributed by atoms with Gasteiger partial charge in [0, 0.05) is 18.4 Å². The molecule has 2 heterocycles. The summed E-state index contributed by atoms with van der Waals surface area (Å²) in [5.41, 5.74) is 6.44. The minimum atomic E-state index is -0.159. The lowest BCUT2D eigenvalue weighted by Gasteiger charge is -2.22. The van der Waals surface area contributed by atoms with Crippen molar-refractivity contribution in [3.63, 3.8) is 0 Å². The second kappa shape index (κ2) is 7.78. The van der Waals surface area contributed by atoms with Crippen molar-refractivity contribution in [2.45, 2.75) is 25.3 Å². The number of carbonyl (C=O) groups excluding carboxylic acids is 1. The predicted molar refractivity (Wildman–Crippen MR) is 113 cm³/mol. The van der Waals surface area contributed by atoms with Crippen molar-refractivity contribution in [2.75, 3.05) is 18.4 Å². The number of aromatic nitrogens is 2. The van der Waals surface area contributed by atoms with Crippen LogP contribution in [0.4, 0.5) is 5.69 Å². The Balaban J connectivity index is 0.00000192. The van der Waals surface area contributed by atoms with E-state index in [4.69, 9.17) is 0 Å². The third-order valence-corrected chi connectivity index (χ3v) is 5.54. The zero-order valence-electron chi connectivity index (χ0n) is 15.5. The molecule has 1 atom stereocenters. The monoisotopic (exact) mass is 394 g/mol. The molecule has 6 heteroatoms. The highest BCUT2D eigenvalue weighted by Gasteiger charge is 2.20. The number of carbonyl (C=O) groups is 1. The maximum atomic E-state index is 12.6. The summed E-state index contributed by atoms with van der Waals surface area (Å²) in [4.78, 5) is 12.6. The zero-order chi connectivity index (χ0) is 18.2. The highest BCUT2D eigenvalue weighted by molar-refractivity contribution is 6.03. The maximum Gasteiger partial charge on any atom is 0.276 e. The van der Waals surface area contributed by atoms with Gasteiger partial charge in [-0.1, -0.05) is 30.3 Å². The largest absolute Gasteiger partial charge is 0.321 e.